The number of rotatable bonds is 1. The van der Waals surface area contributed by atoms with E-state index in [2.05, 4.69) is 11.9 Å². The van der Waals surface area contributed by atoms with E-state index in [-0.39, 0.29) is 5.91 Å². The molecule has 1 N–H and O–H groups in total. The van der Waals surface area contributed by atoms with E-state index >= 15 is 0 Å². The van der Waals surface area contributed by atoms with Crippen LogP contribution in [0.5, 0.6) is 0 Å². The van der Waals surface area contributed by atoms with Crippen molar-refractivity contribution < 1.29 is 4.79 Å². The van der Waals surface area contributed by atoms with Crippen molar-refractivity contribution >= 4 is 5.91 Å². The van der Waals surface area contributed by atoms with E-state index in [9.17, 15) is 4.79 Å². The smallest absolute Gasteiger partial charge is 0.220 e. The summed E-state index contributed by atoms with van der Waals surface area (Å²) in [4.78, 5) is 10.9. The maximum Gasteiger partial charge on any atom is 0.220 e. The fraction of sp³-hybridized carbons (Fsp3) is 0.625. The molecule has 1 aliphatic rings. The Morgan fingerprint density at radius 1 is 1.70 bits per heavy atom. The van der Waals surface area contributed by atoms with Crippen LogP contribution in [0.2, 0.25) is 0 Å². The maximum absolute atomic E-state index is 10.9. The van der Waals surface area contributed by atoms with Crippen molar-refractivity contribution in [2.45, 2.75) is 19.3 Å². The lowest BCUT2D eigenvalue weighted by molar-refractivity contribution is -0.121. The Hall–Kier alpha value is -0.790. The lowest BCUT2D eigenvalue weighted by Gasteiger charge is -2.03. The molecule has 1 heterocycles. The molecule has 0 unspecified atom stereocenters. The molecule has 1 amide bonds. The molecule has 0 bridgehead atoms. The van der Waals surface area contributed by atoms with Crippen LogP contribution in [0.4, 0.5) is 0 Å². The van der Waals surface area contributed by atoms with Gasteiger partial charge in [0.1, 0.15) is 0 Å². The predicted molar refractivity (Wildman–Crippen MR) is 40.5 cm³/mol. The molecule has 1 fully saturated rings. The third kappa shape index (κ3) is 1.87. The summed E-state index contributed by atoms with van der Waals surface area (Å²) in [6, 6.07) is 0. The van der Waals surface area contributed by atoms with E-state index in [1.54, 1.807) is 0 Å². The van der Waals surface area contributed by atoms with E-state index in [4.69, 9.17) is 0 Å². The van der Waals surface area contributed by atoms with Crippen LogP contribution in [0.25, 0.3) is 0 Å². The van der Waals surface area contributed by atoms with Gasteiger partial charge in [0.05, 0.1) is 0 Å². The molecule has 0 aromatic heterocycles. The van der Waals surface area contributed by atoms with Gasteiger partial charge in [0.2, 0.25) is 5.91 Å². The maximum atomic E-state index is 10.9. The monoisotopic (exact) mass is 139 g/mol. The molecular formula is C8H13NO. The highest BCUT2D eigenvalue weighted by Crippen LogP contribution is 2.14. The first kappa shape index (κ1) is 7.32. The van der Waals surface area contributed by atoms with Gasteiger partial charge in [-0.15, -0.1) is 6.58 Å². The second kappa shape index (κ2) is 3.40. The van der Waals surface area contributed by atoms with Gasteiger partial charge in [-0.3, -0.25) is 4.79 Å². The summed E-state index contributed by atoms with van der Waals surface area (Å²) in [6.45, 7) is 4.52. The number of hydrogen-bond acceptors (Lipinski definition) is 1. The van der Waals surface area contributed by atoms with E-state index < -0.39 is 0 Å². The summed E-state index contributed by atoms with van der Waals surface area (Å²) in [7, 11) is 0. The first-order chi connectivity index (χ1) is 4.83. The van der Waals surface area contributed by atoms with Gasteiger partial charge in [0.25, 0.3) is 0 Å². The van der Waals surface area contributed by atoms with Gasteiger partial charge in [0, 0.05) is 13.0 Å². The molecule has 0 radical (unpaired) electrons. The molecule has 0 saturated carbocycles. The van der Waals surface area contributed by atoms with Crippen LogP contribution >= 0.6 is 0 Å². The Labute approximate surface area is 61.3 Å². The summed E-state index contributed by atoms with van der Waals surface area (Å²) in [5.74, 6) is 0.574. The number of amides is 1. The minimum absolute atomic E-state index is 0.169. The highest BCUT2D eigenvalue weighted by Gasteiger charge is 2.13. The molecule has 1 aliphatic heterocycles. The molecule has 10 heavy (non-hydrogen) atoms. The fourth-order valence-electron chi connectivity index (χ4n) is 1.21. The molecule has 0 aromatic carbocycles. The van der Waals surface area contributed by atoms with Gasteiger partial charge >= 0.3 is 0 Å². The lowest BCUT2D eigenvalue weighted by Crippen LogP contribution is -2.22. The third-order valence-corrected chi connectivity index (χ3v) is 1.85. The van der Waals surface area contributed by atoms with Gasteiger partial charge in [-0.1, -0.05) is 6.08 Å². The van der Waals surface area contributed by atoms with Crippen LogP contribution in [0.1, 0.15) is 19.3 Å². The topological polar surface area (TPSA) is 29.1 Å². The summed E-state index contributed by atoms with van der Waals surface area (Å²) in [6.07, 6.45) is 4.69. The third-order valence-electron chi connectivity index (χ3n) is 1.85. The van der Waals surface area contributed by atoms with Gasteiger partial charge < -0.3 is 5.32 Å². The Bertz CT molecular complexity index is 142. The number of allylic oxidation sites excluding steroid dienone is 1. The van der Waals surface area contributed by atoms with E-state index in [1.165, 1.54) is 0 Å². The zero-order valence-corrected chi connectivity index (χ0v) is 6.10. The summed E-state index contributed by atoms with van der Waals surface area (Å²) in [5.41, 5.74) is 0. The minimum atomic E-state index is 0.169. The normalized spacial score (nSPS) is 26.8. The van der Waals surface area contributed by atoms with Crippen molar-refractivity contribution in [2.75, 3.05) is 6.54 Å². The van der Waals surface area contributed by atoms with Gasteiger partial charge in [0.15, 0.2) is 0 Å². The average Bonchev–Trinajstić information content (AvgIpc) is 2.13. The van der Waals surface area contributed by atoms with Crippen LogP contribution in [0.3, 0.4) is 0 Å². The van der Waals surface area contributed by atoms with Crippen molar-refractivity contribution in [3.63, 3.8) is 0 Å². The van der Waals surface area contributed by atoms with E-state index in [1.807, 2.05) is 6.08 Å². The second-order valence-corrected chi connectivity index (χ2v) is 2.69. The first-order valence-electron chi connectivity index (χ1n) is 3.72. The van der Waals surface area contributed by atoms with Crippen molar-refractivity contribution in [1.82, 2.24) is 5.32 Å². The Kier molecular flexibility index (Phi) is 2.49. The molecule has 1 rings (SSSR count). The molecule has 0 spiro atoms. The minimum Gasteiger partial charge on any atom is -0.356 e. The van der Waals surface area contributed by atoms with Crippen LogP contribution in [0.15, 0.2) is 12.7 Å². The molecule has 2 heteroatoms. The Morgan fingerprint density at radius 2 is 2.50 bits per heavy atom. The van der Waals surface area contributed by atoms with Gasteiger partial charge in [-0.2, -0.15) is 0 Å². The van der Waals surface area contributed by atoms with Gasteiger partial charge in [-0.25, -0.2) is 0 Å². The van der Waals surface area contributed by atoms with Crippen molar-refractivity contribution in [3.8, 4) is 0 Å². The van der Waals surface area contributed by atoms with Crippen molar-refractivity contribution in [2.24, 2.45) is 5.92 Å². The van der Waals surface area contributed by atoms with Crippen LogP contribution in [-0.4, -0.2) is 12.5 Å². The largest absolute Gasteiger partial charge is 0.356 e. The van der Waals surface area contributed by atoms with Crippen LogP contribution < -0.4 is 5.32 Å². The fourth-order valence-corrected chi connectivity index (χ4v) is 1.21. The van der Waals surface area contributed by atoms with Crippen molar-refractivity contribution in [1.29, 1.82) is 0 Å². The summed E-state index contributed by atoms with van der Waals surface area (Å²) >= 11 is 0. The molecule has 1 atom stereocenters. The van der Waals surface area contributed by atoms with Crippen molar-refractivity contribution in [3.05, 3.63) is 12.7 Å². The van der Waals surface area contributed by atoms with E-state index in [0.29, 0.717) is 12.3 Å². The van der Waals surface area contributed by atoms with Crippen LogP contribution in [-0.2, 0) is 4.79 Å². The second-order valence-electron chi connectivity index (χ2n) is 2.69. The molecule has 0 aromatic rings. The van der Waals surface area contributed by atoms with Crippen LogP contribution in [0, 0.1) is 5.92 Å². The number of nitrogens with one attached hydrogen (secondary N) is 1. The summed E-state index contributed by atoms with van der Waals surface area (Å²) < 4.78 is 0. The SMILES string of the molecule is C=C[C@H]1CCCNC(=O)C1. The Balaban J connectivity index is 2.45. The highest BCUT2D eigenvalue weighted by molar-refractivity contribution is 5.76. The molecule has 1 saturated heterocycles. The standard InChI is InChI=1S/C8H13NO/c1-2-7-4-3-5-9-8(10)6-7/h2,7H,1,3-6H2,(H,9,10)/t7-/m0/s1. The Morgan fingerprint density at radius 3 is 3.20 bits per heavy atom. The molecule has 0 aliphatic carbocycles. The number of carbonyl (C=O) groups is 1. The molecular weight excluding hydrogens is 126 g/mol. The number of hydrogen-bond donors (Lipinski definition) is 1. The average molecular weight is 139 g/mol. The highest BCUT2D eigenvalue weighted by atomic mass is 16.1. The molecule has 56 valence electrons. The summed E-state index contributed by atoms with van der Waals surface area (Å²) in [5, 5.41) is 2.82. The first-order valence-corrected chi connectivity index (χ1v) is 3.72. The van der Waals surface area contributed by atoms with Gasteiger partial charge in [-0.05, 0) is 18.8 Å². The van der Waals surface area contributed by atoms with E-state index in [0.717, 1.165) is 19.4 Å². The quantitative estimate of drug-likeness (QED) is 0.541. The zero-order valence-electron chi connectivity index (χ0n) is 6.10. The predicted octanol–water partition coefficient (Wildman–Crippen LogP) is 1.09. The molecule has 2 nitrogen and oxygen atoms in total. The lowest BCUT2D eigenvalue weighted by atomic mass is 10.0. The number of carbonyl (C=O) groups excluding carboxylic acids is 1. The zero-order chi connectivity index (χ0) is 7.40.